The molecular formula is C12H18BrP. The van der Waals surface area contributed by atoms with Crippen molar-refractivity contribution in [2.24, 2.45) is 0 Å². The molecule has 0 aliphatic rings. The first-order valence-electron chi connectivity index (χ1n) is 4.78. The molecule has 0 radical (unpaired) electrons. The van der Waals surface area contributed by atoms with Gasteiger partial charge in [0.15, 0.2) is 0 Å². The molecule has 0 aromatic heterocycles. The molecule has 0 amide bonds. The zero-order valence-electron chi connectivity index (χ0n) is 8.91. The summed E-state index contributed by atoms with van der Waals surface area (Å²) >= 11 is 3.94. The predicted octanol–water partition coefficient (Wildman–Crippen LogP) is 4.50. The summed E-state index contributed by atoms with van der Waals surface area (Å²) in [6.45, 7) is 8.53. The average Bonchev–Trinajstić information content (AvgIpc) is 2.03. The number of hydrogen-bond donors (Lipinski definition) is 0. The monoisotopic (exact) mass is 272 g/mol. The van der Waals surface area contributed by atoms with E-state index in [9.17, 15) is 0 Å². The second kappa shape index (κ2) is 4.16. The third-order valence-corrected chi connectivity index (χ3v) is 6.55. The zero-order chi connectivity index (χ0) is 10.7. The van der Waals surface area contributed by atoms with Crippen molar-refractivity contribution in [3.63, 3.8) is 0 Å². The van der Waals surface area contributed by atoms with Gasteiger partial charge in [-0.1, -0.05) is 0 Å². The second-order valence-corrected chi connectivity index (χ2v) is 17.6. The van der Waals surface area contributed by atoms with Gasteiger partial charge < -0.3 is 0 Å². The molecule has 0 bridgehead atoms. The second-order valence-electron chi connectivity index (χ2n) is 4.63. The standard InChI is InChI=1S/C12H18BrP/c1-4-10-14(2,3,13)11-12-8-6-5-7-9-12/h4-9H,1,10-11H2,2-3H3. The van der Waals surface area contributed by atoms with Crippen LogP contribution in [0.25, 0.3) is 0 Å². The van der Waals surface area contributed by atoms with E-state index in [1.165, 1.54) is 5.56 Å². The van der Waals surface area contributed by atoms with Crippen LogP contribution in [-0.4, -0.2) is 19.5 Å². The molecule has 0 unspecified atom stereocenters. The van der Waals surface area contributed by atoms with Crippen molar-refractivity contribution in [3.8, 4) is 0 Å². The number of allylic oxidation sites excluding steroid dienone is 1. The van der Waals surface area contributed by atoms with Gasteiger partial charge in [0.25, 0.3) is 0 Å². The molecule has 0 aliphatic carbocycles. The van der Waals surface area contributed by atoms with Crippen LogP contribution in [0.5, 0.6) is 0 Å². The van der Waals surface area contributed by atoms with E-state index in [1.54, 1.807) is 0 Å². The van der Waals surface area contributed by atoms with Crippen LogP contribution < -0.4 is 0 Å². The van der Waals surface area contributed by atoms with Crippen molar-refractivity contribution in [3.05, 3.63) is 48.6 Å². The van der Waals surface area contributed by atoms with Gasteiger partial charge in [0.05, 0.1) is 0 Å². The van der Waals surface area contributed by atoms with Gasteiger partial charge >= 0.3 is 95.0 Å². The van der Waals surface area contributed by atoms with Gasteiger partial charge in [-0.2, -0.15) is 0 Å². The molecule has 0 saturated carbocycles. The first kappa shape index (κ1) is 11.9. The number of benzene rings is 1. The van der Waals surface area contributed by atoms with Crippen LogP contribution in [0.2, 0.25) is 0 Å². The van der Waals surface area contributed by atoms with Gasteiger partial charge in [-0.25, -0.2) is 0 Å². The Kier molecular flexibility index (Phi) is 3.55. The van der Waals surface area contributed by atoms with E-state index >= 15 is 0 Å². The average molecular weight is 273 g/mol. The third kappa shape index (κ3) is 3.94. The van der Waals surface area contributed by atoms with Crippen LogP contribution in [0.15, 0.2) is 43.0 Å². The maximum absolute atomic E-state index is 3.94. The summed E-state index contributed by atoms with van der Waals surface area (Å²) in [6.07, 6.45) is 4.24. The summed E-state index contributed by atoms with van der Waals surface area (Å²) in [5, 5.41) is -1.71. The molecule has 0 nitrogen and oxygen atoms in total. The van der Waals surface area contributed by atoms with E-state index in [1.807, 2.05) is 6.08 Å². The van der Waals surface area contributed by atoms with Crippen LogP contribution in [0.3, 0.4) is 0 Å². The fourth-order valence-corrected chi connectivity index (χ4v) is 5.36. The molecule has 78 valence electrons. The van der Waals surface area contributed by atoms with E-state index in [2.05, 4.69) is 65.7 Å². The summed E-state index contributed by atoms with van der Waals surface area (Å²) in [5.41, 5.74) is 1.41. The molecule has 1 aromatic rings. The summed E-state index contributed by atoms with van der Waals surface area (Å²) in [7, 11) is 0. The van der Waals surface area contributed by atoms with Crippen LogP contribution in [0, 0.1) is 0 Å². The normalized spacial score (nSPS) is 14.4. The van der Waals surface area contributed by atoms with Crippen LogP contribution >= 0.6 is 20.8 Å². The first-order valence-corrected chi connectivity index (χ1v) is 10.3. The van der Waals surface area contributed by atoms with Gasteiger partial charge in [0, 0.05) is 0 Å². The molecule has 0 spiro atoms. The van der Waals surface area contributed by atoms with Crippen molar-refractivity contribution < 1.29 is 0 Å². The fourth-order valence-electron chi connectivity index (χ4n) is 1.61. The van der Waals surface area contributed by atoms with Crippen molar-refractivity contribution in [2.45, 2.75) is 6.16 Å². The van der Waals surface area contributed by atoms with Crippen molar-refractivity contribution in [2.75, 3.05) is 19.5 Å². The molecule has 0 saturated heterocycles. The first-order chi connectivity index (χ1) is 6.41. The summed E-state index contributed by atoms with van der Waals surface area (Å²) in [6, 6.07) is 10.6. The topological polar surface area (TPSA) is 0 Å². The Balaban J connectivity index is 2.82. The molecule has 0 N–H and O–H groups in total. The van der Waals surface area contributed by atoms with Crippen molar-refractivity contribution in [1.29, 1.82) is 0 Å². The van der Waals surface area contributed by atoms with Gasteiger partial charge in [-0.05, 0) is 0 Å². The van der Waals surface area contributed by atoms with E-state index in [-0.39, 0.29) is 0 Å². The molecule has 0 aliphatic heterocycles. The minimum atomic E-state index is -1.71. The number of hydrogen-bond acceptors (Lipinski definition) is 0. The third-order valence-electron chi connectivity index (χ3n) is 2.21. The van der Waals surface area contributed by atoms with Crippen LogP contribution in [0.4, 0.5) is 0 Å². The summed E-state index contributed by atoms with van der Waals surface area (Å²) < 4.78 is 0. The zero-order valence-corrected chi connectivity index (χ0v) is 11.4. The maximum atomic E-state index is 3.94. The molecular weight excluding hydrogens is 255 g/mol. The minimum absolute atomic E-state index is 1.08. The van der Waals surface area contributed by atoms with Crippen LogP contribution in [0.1, 0.15) is 5.56 Å². The Morgan fingerprint density at radius 1 is 1.29 bits per heavy atom. The van der Waals surface area contributed by atoms with Gasteiger partial charge in [-0.3, -0.25) is 0 Å². The molecule has 0 atom stereocenters. The molecule has 14 heavy (non-hydrogen) atoms. The van der Waals surface area contributed by atoms with Crippen molar-refractivity contribution in [1.82, 2.24) is 0 Å². The fraction of sp³-hybridized carbons (Fsp3) is 0.333. The Morgan fingerprint density at radius 3 is 2.36 bits per heavy atom. The van der Waals surface area contributed by atoms with E-state index in [0.717, 1.165) is 12.3 Å². The molecule has 0 heterocycles. The Hall–Kier alpha value is -0.130. The van der Waals surface area contributed by atoms with Gasteiger partial charge in [0.2, 0.25) is 0 Å². The van der Waals surface area contributed by atoms with E-state index < -0.39 is 5.31 Å². The van der Waals surface area contributed by atoms with Crippen molar-refractivity contribution >= 4 is 20.8 Å². The Bertz CT molecular complexity index is 308. The number of halogens is 1. The quantitative estimate of drug-likeness (QED) is 0.560. The Labute approximate surface area is 95.1 Å². The molecule has 2 heteroatoms. The summed E-state index contributed by atoms with van der Waals surface area (Å²) in [4.78, 5) is 0. The predicted molar refractivity (Wildman–Crippen MR) is 72.9 cm³/mol. The van der Waals surface area contributed by atoms with E-state index in [0.29, 0.717) is 0 Å². The Morgan fingerprint density at radius 2 is 1.86 bits per heavy atom. The molecule has 0 fully saturated rings. The molecule has 1 rings (SSSR count). The molecule has 1 aromatic carbocycles. The number of rotatable bonds is 4. The van der Waals surface area contributed by atoms with Crippen LogP contribution in [-0.2, 0) is 6.16 Å². The van der Waals surface area contributed by atoms with E-state index in [4.69, 9.17) is 0 Å². The SMILES string of the molecule is C=CCP(C)(C)(Br)Cc1ccccc1. The summed E-state index contributed by atoms with van der Waals surface area (Å²) in [5.74, 6) is 0. The van der Waals surface area contributed by atoms with Gasteiger partial charge in [-0.15, -0.1) is 0 Å². The van der Waals surface area contributed by atoms with Gasteiger partial charge in [0.1, 0.15) is 0 Å².